The second-order valence-electron chi connectivity index (χ2n) is 3.13. The van der Waals surface area contributed by atoms with Gasteiger partial charge in [0.2, 0.25) is 0 Å². The smallest absolute Gasteiger partial charge is 0.335 e. The van der Waals surface area contributed by atoms with Gasteiger partial charge in [0.25, 0.3) is 0 Å². The fourth-order valence-electron chi connectivity index (χ4n) is 1.39. The zero-order valence-electron chi connectivity index (χ0n) is 8.14. The average Bonchev–Trinajstić information content (AvgIpc) is 2.29. The number of benzene rings is 2. The summed E-state index contributed by atoms with van der Waals surface area (Å²) in [5, 5.41) is 2.17. The molecule has 0 amide bonds. The molecule has 0 aliphatic heterocycles. The first-order chi connectivity index (χ1) is 7.29. The molecule has 0 aromatic heterocycles. The summed E-state index contributed by atoms with van der Waals surface area (Å²) in [6.45, 7) is 3.34. The van der Waals surface area contributed by atoms with Gasteiger partial charge in [-0.2, -0.15) is 0 Å². The van der Waals surface area contributed by atoms with E-state index < -0.39 is 5.97 Å². The van der Waals surface area contributed by atoms with E-state index in [1.165, 1.54) is 0 Å². The minimum Gasteiger partial charge on any atom is -0.423 e. The summed E-state index contributed by atoms with van der Waals surface area (Å²) >= 11 is 0. The normalized spacial score (nSPS) is 9.87. The van der Waals surface area contributed by atoms with E-state index >= 15 is 0 Å². The number of rotatable bonds is 2. The van der Waals surface area contributed by atoms with Crippen LogP contribution in [0.3, 0.4) is 0 Å². The fourth-order valence-corrected chi connectivity index (χ4v) is 1.39. The van der Waals surface area contributed by atoms with Crippen LogP contribution in [-0.4, -0.2) is 5.97 Å². The van der Waals surface area contributed by atoms with Gasteiger partial charge in [-0.25, -0.2) is 4.79 Å². The Kier molecular flexibility index (Phi) is 2.50. The first kappa shape index (κ1) is 9.46. The summed E-state index contributed by atoms with van der Waals surface area (Å²) in [6.07, 6.45) is 1.15. The van der Waals surface area contributed by atoms with E-state index in [4.69, 9.17) is 4.74 Å². The van der Waals surface area contributed by atoms with Gasteiger partial charge in [0, 0.05) is 6.08 Å². The van der Waals surface area contributed by atoms with Crippen LogP contribution in [0.25, 0.3) is 10.8 Å². The van der Waals surface area contributed by atoms with Crippen molar-refractivity contribution in [2.45, 2.75) is 0 Å². The van der Waals surface area contributed by atoms with Crippen LogP contribution in [0.4, 0.5) is 0 Å². The molecule has 0 atom stereocenters. The molecule has 0 heterocycles. The van der Waals surface area contributed by atoms with Crippen LogP contribution in [0.2, 0.25) is 0 Å². The standard InChI is InChI=1S/C13H10O2/c1-2-13(14)15-12-8-7-10-5-3-4-6-11(10)9-12/h2-9H,1H2. The van der Waals surface area contributed by atoms with Crippen molar-refractivity contribution in [2.75, 3.05) is 0 Å². The molecule has 0 fully saturated rings. The lowest BCUT2D eigenvalue weighted by atomic mass is 10.1. The molecule has 2 aromatic carbocycles. The van der Waals surface area contributed by atoms with Crippen LogP contribution >= 0.6 is 0 Å². The molecule has 74 valence electrons. The Balaban J connectivity index is 2.38. The van der Waals surface area contributed by atoms with E-state index in [1.54, 1.807) is 6.07 Å². The van der Waals surface area contributed by atoms with Crippen LogP contribution in [-0.2, 0) is 4.79 Å². The molecule has 0 radical (unpaired) electrons. The molecule has 0 bridgehead atoms. The largest absolute Gasteiger partial charge is 0.423 e. The predicted octanol–water partition coefficient (Wildman–Crippen LogP) is 2.93. The van der Waals surface area contributed by atoms with Gasteiger partial charge in [-0.15, -0.1) is 0 Å². The summed E-state index contributed by atoms with van der Waals surface area (Å²) in [5.41, 5.74) is 0. The van der Waals surface area contributed by atoms with E-state index in [2.05, 4.69) is 6.58 Å². The van der Waals surface area contributed by atoms with Crippen molar-refractivity contribution in [2.24, 2.45) is 0 Å². The minimum atomic E-state index is -0.440. The monoisotopic (exact) mass is 198 g/mol. The summed E-state index contributed by atoms with van der Waals surface area (Å²) in [4.78, 5) is 11.0. The van der Waals surface area contributed by atoms with Crippen LogP contribution in [0.5, 0.6) is 5.75 Å². The maximum atomic E-state index is 11.0. The van der Waals surface area contributed by atoms with E-state index in [0.717, 1.165) is 16.8 Å². The topological polar surface area (TPSA) is 26.3 Å². The molecule has 2 aromatic rings. The molecule has 15 heavy (non-hydrogen) atoms. The second kappa shape index (κ2) is 3.96. The molecule has 2 rings (SSSR count). The van der Waals surface area contributed by atoms with Crippen molar-refractivity contribution < 1.29 is 9.53 Å². The van der Waals surface area contributed by atoms with Crippen molar-refractivity contribution in [1.29, 1.82) is 0 Å². The zero-order chi connectivity index (χ0) is 10.7. The van der Waals surface area contributed by atoms with Gasteiger partial charge in [0.05, 0.1) is 0 Å². The number of hydrogen-bond acceptors (Lipinski definition) is 2. The van der Waals surface area contributed by atoms with Gasteiger partial charge >= 0.3 is 5.97 Å². The van der Waals surface area contributed by atoms with Gasteiger partial charge in [-0.3, -0.25) is 0 Å². The average molecular weight is 198 g/mol. The first-order valence-electron chi connectivity index (χ1n) is 4.62. The molecule has 2 heteroatoms. The second-order valence-corrected chi connectivity index (χ2v) is 3.13. The molecule has 2 nitrogen and oxygen atoms in total. The Labute approximate surface area is 87.8 Å². The van der Waals surface area contributed by atoms with Crippen molar-refractivity contribution in [3.05, 3.63) is 55.1 Å². The van der Waals surface area contributed by atoms with Gasteiger partial charge in [0.1, 0.15) is 5.75 Å². The van der Waals surface area contributed by atoms with E-state index in [9.17, 15) is 4.79 Å². The molecule has 0 unspecified atom stereocenters. The molecular formula is C13H10O2. The third-order valence-electron chi connectivity index (χ3n) is 2.11. The fraction of sp³-hybridized carbons (Fsp3) is 0. The van der Waals surface area contributed by atoms with Gasteiger partial charge in [0.15, 0.2) is 0 Å². The molecule has 0 aliphatic rings. The van der Waals surface area contributed by atoms with E-state index in [0.29, 0.717) is 5.75 Å². The lowest BCUT2D eigenvalue weighted by Gasteiger charge is -2.02. The lowest BCUT2D eigenvalue weighted by Crippen LogP contribution is -2.02. The third-order valence-corrected chi connectivity index (χ3v) is 2.11. The highest BCUT2D eigenvalue weighted by molar-refractivity contribution is 5.87. The molecule has 0 spiro atoms. The van der Waals surface area contributed by atoms with Crippen LogP contribution < -0.4 is 4.74 Å². The molecular weight excluding hydrogens is 188 g/mol. The van der Waals surface area contributed by atoms with Crippen LogP contribution in [0.15, 0.2) is 55.1 Å². The maximum absolute atomic E-state index is 11.0. The van der Waals surface area contributed by atoms with Crippen molar-refractivity contribution >= 4 is 16.7 Å². The summed E-state index contributed by atoms with van der Waals surface area (Å²) < 4.78 is 5.01. The molecule has 0 saturated heterocycles. The number of hydrogen-bond donors (Lipinski definition) is 0. The highest BCUT2D eigenvalue weighted by Crippen LogP contribution is 2.20. The predicted molar refractivity (Wildman–Crippen MR) is 59.8 cm³/mol. The highest BCUT2D eigenvalue weighted by Gasteiger charge is 2.00. The highest BCUT2D eigenvalue weighted by atomic mass is 16.5. The quantitative estimate of drug-likeness (QED) is 0.421. The Hall–Kier alpha value is -2.09. The van der Waals surface area contributed by atoms with Gasteiger partial charge < -0.3 is 4.74 Å². The summed E-state index contributed by atoms with van der Waals surface area (Å²) in [5.74, 6) is 0.101. The first-order valence-corrected chi connectivity index (χ1v) is 4.62. The number of carbonyl (C=O) groups excluding carboxylic acids is 1. The minimum absolute atomic E-state index is 0.440. The number of ether oxygens (including phenoxy) is 1. The number of fused-ring (bicyclic) bond motifs is 1. The lowest BCUT2D eigenvalue weighted by molar-refractivity contribution is -0.128. The number of carbonyl (C=O) groups is 1. The third kappa shape index (κ3) is 2.05. The SMILES string of the molecule is C=CC(=O)Oc1ccc2ccccc2c1. The van der Waals surface area contributed by atoms with Crippen LogP contribution in [0.1, 0.15) is 0 Å². The zero-order valence-corrected chi connectivity index (χ0v) is 8.14. The summed E-state index contributed by atoms with van der Waals surface area (Å²) in [6, 6.07) is 13.4. The van der Waals surface area contributed by atoms with Crippen LogP contribution in [0, 0.1) is 0 Å². The molecule has 0 saturated carbocycles. The van der Waals surface area contributed by atoms with E-state index in [-0.39, 0.29) is 0 Å². The van der Waals surface area contributed by atoms with E-state index in [1.807, 2.05) is 36.4 Å². The Morgan fingerprint density at radius 3 is 2.60 bits per heavy atom. The van der Waals surface area contributed by atoms with Crippen molar-refractivity contribution in [1.82, 2.24) is 0 Å². The maximum Gasteiger partial charge on any atom is 0.335 e. The summed E-state index contributed by atoms with van der Waals surface area (Å²) in [7, 11) is 0. The van der Waals surface area contributed by atoms with Gasteiger partial charge in [-0.05, 0) is 22.9 Å². The Morgan fingerprint density at radius 2 is 1.87 bits per heavy atom. The van der Waals surface area contributed by atoms with Crippen molar-refractivity contribution in [3.8, 4) is 5.75 Å². The van der Waals surface area contributed by atoms with Gasteiger partial charge in [-0.1, -0.05) is 36.9 Å². The Morgan fingerprint density at radius 1 is 1.13 bits per heavy atom. The molecule has 0 aliphatic carbocycles. The number of esters is 1. The Bertz CT molecular complexity index is 515. The molecule has 0 N–H and O–H groups in total. The van der Waals surface area contributed by atoms with Crippen molar-refractivity contribution in [3.63, 3.8) is 0 Å².